The lowest BCUT2D eigenvalue weighted by Crippen LogP contribution is -2.43. The number of hydrogen-bond donors (Lipinski definition) is 1. The molecule has 0 radical (unpaired) electrons. The summed E-state index contributed by atoms with van der Waals surface area (Å²) in [5.74, 6) is -3.60. The van der Waals surface area contributed by atoms with Gasteiger partial charge >= 0.3 is 24.0 Å². The van der Waals surface area contributed by atoms with Gasteiger partial charge in [0.1, 0.15) is 12.4 Å². The van der Waals surface area contributed by atoms with E-state index >= 15 is 0 Å². The molecule has 176 valence electrons. The monoisotopic (exact) mass is 457 g/mol. The Labute approximate surface area is 183 Å². The van der Waals surface area contributed by atoms with Gasteiger partial charge in [-0.05, 0) is 38.7 Å². The van der Waals surface area contributed by atoms with E-state index in [4.69, 9.17) is 14.6 Å². The Morgan fingerprint density at radius 1 is 1.28 bits per heavy atom. The number of halogens is 3. The Morgan fingerprint density at radius 2 is 1.94 bits per heavy atom. The van der Waals surface area contributed by atoms with Crippen LogP contribution in [-0.2, 0) is 27.4 Å². The highest BCUT2D eigenvalue weighted by Crippen LogP contribution is 2.44. The fraction of sp³-hybridized carbons (Fsp3) is 0.500. The first-order chi connectivity index (χ1) is 14.9. The van der Waals surface area contributed by atoms with Crippen molar-refractivity contribution in [1.29, 1.82) is 0 Å². The maximum Gasteiger partial charge on any atom is 0.471 e. The highest BCUT2D eigenvalue weighted by atomic mass is 19.4. The maximum atomic E-state index is 13.4. The van der Waals surface area contributed by atoms with E-state index in [1.165, 1.54) is 7.11 Å². The molecule has 1 aromatic carbocycles. The lowest BCUT2D eigenvalue weighted by Gasteiger charge is -2.29. The van der Waals surface area contributed by atoms with Crippen LogP contribution in [0.25, 0.3) is 0 Å². The summed E-state index contributed by atoms with van der Waals surface area (Å²) in [7, 11) is 1.36. The number of esters is 1. The molecular formula is C22H26F3NO6. The SMILES string of the molecule is CCCN(C(=O)C(F)(F)F)c1c(C/C=C(\C)CCC(=O)O)c(OC)c(C)c2c1C(=O)OC2. The minimum Gasteiger partial charge on any atom is -0.496 e. The lowest BCUT2D eigenvalue weighted by atomic mass is 9.92. The van der Waals surface area contributed by atoms with Crippen LogP contribution in [0.2, 0.25) is 0 Å². The number of methoxy groups -OCH3 is 1. The molecule has 10 heteroatoms. The highest BCUT2D eigenvalue weighted by molar-refractivity contribution is 6.08. The number of nitrogens with zero attached hydrogens (tertiary/aromatic N) is 1. The summed E-state index contributed by atoms with van der Waals surface area (Å²) in [6, 6.07) is 0. The van der Waals surface area contributed by atoms with Crippen LogP contribution in [0.3, 0.4) is 0 Å². The quantitative estimate of drug-likeness (QED) is 0.438. The molecule has 0 aliphatic carbocycles. The van der Waals surface area contributed by atoms with Crippen LogP contribution >= 0.6 is 0 Å². The van der Waals surface area contributed by atoms with E-state index in [0.29, 0.717) is 21.6 Å². The molecule has 32 heavy (non-hydrogen) atoms. The Bertz CT molecular complexity index is 952. The molecule has 0 saturated carbocycles. The number of allylic oxidation sites excluding steroid dienone is 2. The van der Waals surface area contributed by atoms with Gasteiger partial charge in [-0.15, -0.1) is 0 Å². The van der Waals surface area contributed by atoms with E-state index < -0.39 is 24.0 Å². The van der Waals surface area contributed by atoms with E-state index in [1.54, 1.807) is 26.8 Å². The number of amides is 1. The number of cyclic esters (lactones) is 1. The first-order valence-corrected chi connectivity index (χ1v) is 10.1. The molecule has 1 amide bonds. The number of hydrogen-bond acceptors (Lipinski definition) is 5. The van der Waals surface area contributed by atoms with Crippen LogP contribution in [-0.4, -0.2) is 42.8 Å². The number of carboxylic acids is 1. The molecule has 1 N–H and O–H groups in total. The number of carbonyl (C=O) groups excluding carboxylic acids is 2. The zero-order chi connectivity index (χ0) is 24.2. The van der Waals surface area contributed by atoms with Gasteiger partial charge in [-0.2, -0.15) is 13.2 Å². The standard InChI is InChI=1S/C22H26F3NO6/c1-5-10-26(21(30)22(23,24)25)18-14(8-6-12(2)7-9-16(27)28)19(31-4)13(3)15-11-32-20(29)17(15)18/h6H,5,7-11H2,1-4H3,(H,27,28)/b12-6+. The van der Waals surface area contributed by atoms with E-state index in [1.807, 2.05) is 0 Å². The number of fused-ring (bicyclic) bond motifs is 1. The summed E-state index contributed by atoms with van der Waals surface area (Å²) >= 11 is 0. The van der Waals surface area contributed by atoms with E-state index in [-0.39, 0.29) is 61.4 Å². The van der Waals surface area contributed by atoms with E-state index in [0.717, 1.165) is 0 Å². The van der Waals surface area contributed by atoms with Crippen LogP contribution in [0.1, 0.15) is 60.2 Å². The average molecular weight is 457 g/mol. The predicted octanol–water partition coefficient (Wildman–Crippen LogP) is 4.33. The van der Waals surface area contributed by atoms with Gasteiger partial charge in [0.05, 0.1) is 18.4 Å². The molecule has 0 saturated heterocycles. The molecule has 0 bridgehead atoms. The van der Waals surface area contributed by atoms with Gasteiger partial charge in [0.15, 0.2) is 0 Å². The number of carbonyl (C=O) groups is 3. The number of carboxylic acid groups (broad SMARTS) is 1. The first kappa shape index (κ1) is 25.2. The molecule has 0 fully saturated rings. The number of ether oxygens (including phenoxy) is 2. The van der Waals surface area contributed by atoms with Gasteiger partial charge in [-0.1, -0.05) is 18.6 Å². The zero-order valence-corrected chi connectivity index (χ0v) is 18.4. The molecule has 7 nitrogen and oxygen atoms in total. The summed E-state index contributed by atoms with van der Waals surface area (Å²) in [5, 5.41) is 8.87. The van der Waals surface area contributed by atoms with Gasteiger partial charge in [-0.25, -0.2) is 4.79 Å². The summed E-state index contributed by atoms with van der Waals surface area (Å²) in [6.07, 6.45) is -3.08. The summed E-state index contributed by atoms with van der Waals surface area (Å²) in [6.45, 7) is 4.60. The number of alkyl halides is 3. The predicted molar refractivity (Wildman–Crippen MR) is 110 cm³/mol. The van der Waals surface area contributed by atoms with Crippen molar-refractivity contribution in [1.82, 2.24) is 0 Å². The van der Waals surface area contributed by atoms with Crippen molar-refractivity contribution in [3.05, 3.63) is 33.9 Å². The third-order valence-electron chi connectivity index (χ3n) is 5.24. The molecule has 2 rings (SSSR count). The van der Waals surface area contributed by atoms with Crippen LogP contribution in [0, 0.1) is 6.92 Å². The maximum absolute atomic E-state index is 13.4. The molecule has 0 atom stereocenters. The van der Waals surface area contributed by atoms with Crippen molar-refractivity contribution in [3.63, 3.8) is 0 Å². The fourth-order valence-electron chi connectivity index (χ4n) is 3.70. The van der Waals surface area contributed by atoms with Crippen LogP contribution in [0.5, 0.6) is 5.75 Å². The summed E-state index contributed by atoms with van der Waals surface area (Å²) in [5.41, 5.74) is 1.62. The van der Waals surface area contributed by atoms with Crippen molar-refractivity contribution >= 4 is 23.5 Å². The van der Waals surface area contributed by atoms with Crippen molar-refractivity contribution in [2.75, 3.05) is 18.6 Å². The van der Waals surface area contributed by atoms with Gasteiger partial charge < -0.3 is 19.5 Å². The lowest BCUT2D eigenvalue weighted by molar-refractivity contribution is -0.170. The molecule has 0 aromatic heterocycles. The Hall–Kier alpha value is -3.04. The third kappa shape index (κ3) is 5.23. The van der Waals surface area contributed by atoms with Crippen molar-refractivity contribution in [2.24, 2.45) is 0 Å². The summed E-state index contributed by atoms with van der Waals surface area (Å²) in [4.78, 5) is 36.3. The molecule has 1 aliphatic rings. The smallest absolute Gasteiger partial charge is 0.471 e. The van der Waals surface area contributed by atoms with Gasteiger partial charge in [0.25, 0.3) is 0 Å². The minimum absolute atomic E-state index is 0.0384. The van der Waals surface area contributed by atoms with Crippen molar-refractivity contribution in [2.45, 2.75) is 59.2 Å². The molecule has 0 spiro atoms. The molecule has 1 heterocycles. The minimum atomic E-state index is -5.15. The molecular weight excluding hydrogens is 431 g/mol. The Balaban J connectivity index is 2.75. The van der Waals surface area contributed by atoms with Crippen molar-refractivity contribution < 1.29 is 42.1 Å². The normalized spacial score (nSPS) is 13.6. The van der Waals surface area contributed by atoms with Crippen LogP contribution < -0.4 is 9.64 Å². The molecule has 0 unspecified atom stereocenters. The number of rotatable bonds is 9. The topological polar surface area (TPSA) is 93.1 Å². The second-order valence-corrected chi connectivity index (χ2v) is 7.52. The Morgan fingerprint density at radius 3 is 2.47 bits per heavy atom. The van der Waals surface area contributed by atoms with Crippen LogP contribution in [0.4, 0.5) is 18.9 Å². The second kappa shape index (κ2) is 10.1. The zero-order valence-electron chi connectivity index (χ0n) is 18.4. The summed E-state index contributed by atoms with van der Waals surface area (Å²) < 4.78 is 50.9. The van der Waals surface area contributed by atoms with Crippen molar-refractivity contribution in [3.8, 4) is 5.75 Å². The molecule has 1 aliphatic heterocycles. The first-order valence-electron chi connectivity index (χ1n) is 10.1. The third-order valence-corrected chi connectivity index (χ3v) is 5.24. The largest absolute Gasteiger partial charge is 0.496 e. The van der Waals surface area contributed by atoms with E-state index in [2.05, 4.69) is 0 Å². The second-order valence-electron chi connectivity index (χ2n) is 7.52. The Kier molecular flexibility index (Phi) is 7.92. The average Bonchev–Trinajstić information content (AvgIpc) is 3.10. The molecule has 1 aromatic rings. The number of anilines is 1. The highest BCUT2D eigenvalue weighted by Gasteiger charge is 2.45. The fourth-order valence-corrected chi connectivity index (χ4v) is 3.70. The van der Waals surface area contributed by atoms with Gasteiger partial charge in [-0.3, -0.25) is 9.59 Å². The number of aliphatic carboxylic acids is 1. The van der Waals surface area contributed by atoms with E-state index in [9.17, 15) is 27.6 Å². The van der Waals surface area contributed by atoms with Crippen LogP contribution in [0.15, 0.2) is 11.6 Å². The number of benzene rings is 1. The van der Waals surface area contributed by atoms with Gasteiger partial charge in [0, 0.05) is 24.1 Å². The van der Waals surface area contributed by atoms with Gasteiger partial charge in [0.2, 0.25) is 0 Å².